The van der Waals surface area contributed by atoms with E-state index in [1.54, 1.807) is 0 Å². The summed E-state index contributed by atoms with van der Waals surface area (Å²) in [7, 11) is 1.91. The Morgan fingerprint density at radius 1 is 1.47 bits per heavy atom. The molecule has 1 aromatic rings. The summed E-state index contributed by atoms with van der Waals surface area (Å²) >= 11 is 1.88. The molecule has 6 heteroatoms. The van der Waals surface area contributed by atoms with E-state index in [2.05, 4.69) is 34.0 Å². The molecule has 1 N–H and O–H groups in total. The van der Waals surface area contributed by atoms with Gasteiger partial charge in [-0.15, -0.1) is 5.10 Å². The van der Waals surface area contributed by atoms with Crippen LogP contribution in [0.5, 0.6) is 0 Å². The predicted molar refractivity (Wildman–Crippen MR) is 62.9 cm³/mol. The minimum Gasteiger partial charge on any atom is -0.311 e. The maximum absolute atomic E-state index is 4.02. The van der Waals surface area contributed by atoms with Gasteiger partial charge in [-0.2, -0.15) is 11.8 Å². The smallest absolute Gasteiger partial charge is 0.167 e. The molecule has 1 aromatic heterocycles. The van der Waals surface area contributed by atoms with E-state index in [0.29, 0.717) is 0 Å². The molecule has 0 radical (unpaired) electrons. The lowest BCUT2D eigenvalue weighted by Crippen LogP contribution is -2.18. The van der Waals surface area contributed by atoms with Crippen molar-refractivity contribution in [1.82, 2.24) is 25.5 Å². The molecule has 0 aliphatic rings. The monoisotopic (exact) mass is 229 g/mol. The van der Waals surface area contributed by atoms with Gasteiger partial charge in [-0.25, -0.2) is 4.68 Å². The summed E-state index contributed by atoms with van der Waals surface area (Å²) in [6.45, 7) is 2.97. The number of nitrogens with zero attached hydrogens (tertiary/aromatic N) is 4. The Bertz CT molecular complexity index is 275. The van der Waals surface area contributed by atoms with Crippen LogP contribution in [0.3, 0.4) is 0 Å². The zero-order valence-corrected chi connectivity index (χ0v) is 10.4. The molecule has 1 rings (SSSR count). The molecule has 0 aliphatic carbocycles. The maximum Gasteiger partial charge on any atom is 0.167 e. The normalized spacial score (nSPS) is 13.0. The third kappa shape index (κ3) is 3.79. The summed E-state index contributed by atoms with van der Waals surface area (Å²) in [5.41, 5.74) is 0. The van der Waals surface area contributed by atoms with Crippen molar-refractivity contribution in [3.63, 3.8) is 0 Å². The van der Waals surface area contributed by atoms with Crippen molar-refractivity contribution in [2.45, 2.75) is 32.4 Å². The molecule has 0 bridgehead atoms. The molecule has 15 heavy (non-hydrogen) atoms. The van der Waals surface area contributed by atoms with E-state index in [4.69, 9.17) is 0 Å². The van der Waals surface area contributed by atoms with Gasteiger partial charge in [-0.05, 0) is 49.2 Å². The lowest BCUT2D eigenvalue weighted by molar-refractivity contribution is 0.495. The highest BCUT2D eigenvalue weighted by Crippen LogP contribution is 2.08. The second kappa shape index (κ2) is 6.79. The van der Waals surface area contributed by atoms with Crippen LogP contribution in [0, 0.1) is 0 Å². The van der Waals surface area contributed by atoms with Crippen LogP contribution < -0.4 is 5.32 Å². The van der Waals surface area contributed by atoms with Crippen LogP contribution in [0.15, 0.2) is 0 Å². The second-order valence-electron chi connectivity index (χ2n) is 3.47. The van der Waals surface area contributed by atoms with Gasteiger partial charge in [0.05, 0.1) is 6.04 Å². The van der Waals surface area contributed by atoms with Gasteiger partial charge in [0.15, 0.2) is 5.82 Å². The Morgan fingerprint density at radius 2 is 2.27 bits per heavy atom. The number of thioether (sulfide) groups is 1. The molecule has 0 aliphatic heterocycles. The average molecular weight is 229 g/mol. The average Bonchev–Trinajstić information content (AvgIpc) is 2.71. The summed E-state index contributed by atoms with van der Waals surface area (Å²) in [6, 6.07) is 0.209. The first-order chi connectivity index (χ1) is 7.29. The minimum atomic E-state index is 0.209. The summed E-state index contributed by atoms with van der Waals surface area (Å²) < 4.78 is 1.89. The van der Waals surface area contributed by atoms with E-state index in [1.165, 1.54) is 12.2 Å². The number of aryl methyl sites for hydroxylation is 1. The Hall–Kier alpha value is -0.620. The van der Waals surface area contributed by atoms with Gasteiger partial charge < -0.3 is 5.32 Å². The largest absolute Gasteiger partial charge is 0.311 e. The van der Waals surface area contributed by atoms with Crippen LogP contribution in [-0.4, -0.2) is 39.3 Å². The lowest BCUT2D eigenvalue weighted by Gasteiger charge is -2.09. The van der Waals surface area contributed by atoms with Gasteiger partial charge in [0.1, 0.15) is 0 Å². The highest BCUT2D eigenvalue weighted by Gasteiger charge is 2.11. The SMILES string of the molecule is CNC(C)c1nnnn1CCCCSC. The molecule has 0 saturated carbocycles. The molecule has 0 saturated heterocycles. The quantitative estimate of drug-likeness (QED) is 0.709. The van der Waals surface area contributed by atoms with Crippen LogP contribution in [-0.2, 0) is 6.54 Å². The Balaban J connectivity index is 2.43. The van der Waals surface area contributed by atoms with Crippen LogP contribution in [0.1, 0.15) is 31.6 Å². The van der Waals surface area contributed by atoms with Crippen molar-refractivity contribution >= 4 is 11.8 Å². The number of rotatable bonds is 7. The summed E-state index contributed by atoms with van der Waals surface area (Å²) in [5, 5.41) is 14.9. The molecule has 86 valence electrons. The van der Waals surface area contributed by atoms with Crippen LogP contribution >= 0.6 is 11.8 Å². The van der Waals surface area contributed by atoms with Crippen molar-refractivity contribution in [3.05, 3.63) is 5.82 Å². The van der Waals surface area contributed by atoms with E-state index in [0.717, 1.165) is 18.8 Å². The minimum absolute atomic E-state index is 0.209. The number of aromatic nitrogens is 4. The first-order valence-corrected chi connectivity index (χ1v) is 6.61. The van der Waals surface area contributed by atoms with Gasteiger partial charge >= 0.3 is 0 Å². The summed E-state index contributed by atoms with van der Waals surface area (Å²) in [4.78, 5) is 0. The molecule has 1 atom stereocenters. The van der Waals surface area contributed by atoms with Crippen molar-refractivity contribution in [1.29, 1.82) is 0 Å². The molecular weight excluding hydrogens is 210 g/mol. The molecule has 0 fully saturated rings. The van der Waals surface area contributed by atoms with E-state index in [-0.39, 0.29) is 6.04 Å². The molecule has 0 spiro atoms. The van der Waals surface area contributed by atoms with Gasteiger partial charge in [-0.3, -0.25) is 0 Å². The van der Waals surface area contributed by atoms with Crippen LogP contribution in [0.2, 0.25) is 0 Å². The number of tetrazole rings is 1. The Labute approximate surface area is 95.0 Å². The molecule has 1 unspecified atom stereocenters. The molecule has 0 aromatic carbocycles. The number of hydrogen-bond donors (Lipinski definition) is 1. The highest BCUT2D eigenvalue weighted by atomic mass is 32.2. The van der Waals surface area contributed by atoms with Crippen molar-refractivity contribution < 1.29 is 0 Å². The van der Waals surface area contributed by atoms with Gasteiger partial charge in [0, 0.05) is 6.54 Å². The maximum atomic E-state index is 4.02. The number of nitrogens with one attached hydrogen (secondary N) is 1. The Kier molecular flexibility index (Phi) is 5.63. The fourth-order valence-corrected chi connectivity index (χ4v) is 1.81. The standard InChI is InChI=1S/C9H19N5S/c1-8(10-2)9-11-12-13-14(9)6-4-5-7-15-3/h8,10H,4-7H2,1-3H3. The lowest BCUT2D eigenvalue weighted by atomic mass is 10.3. The third-order valence-corrected chi connectivity index (χ3v) is 3.05. The van der Waals surface area contributed by atoms with Crippen molar-refractivity contribution in [2.75, 3.05) is 19.1 Å². The topological polar surface area (TPSA) is 55.6 Å². The fraction of sp³-hybridized carbons (Fsp3) is 0.889. The zero-order valence-electron chi connectivity index (χ0n) is 9.60. The van der Waals surface area contributed by atoms with Gasteiger partial charge in [0.2, 0.25) is 0 Å². The van der Waals surface area contributed by atoms with Crippen molar-refractivity contribution in [2.24, 2.45) is 0 Å². The number of hydrogen-bond acceptors (Lipinski definition) is 5. The van der Waals surface area contributed by atoms with Crippen LogP contribution in [0.25, 0.3) is 0 Å². The van der Waals surface area contributed by atoms with E-state index < -0.39 is 0 Å². The third-order valence-electron chi connectivity index (χ3n) is 2.35. The summed E-state index contributed by atoms with van der Waals surface area (Å²) in [6.07, 6.45) is 4.48. The van der Waals surface area contributed by atoms with Gasteiger partial charge in [-0.1, -0.05) is 0 Å². The van der Waals surface area contributed by atoms with Gasteiger partial charge in [0.25, 0.3) is 0 Å². The first kappa shape index (κ1) is 12.4. The van der Waals surface area contributed by atoms with Crippen LogP contribution in [0.4, 0.5) is 0 Å². The highest BCUT2D eigenvalue weighted by molar-refractivity contribution is 7.98. The summed E-state index contributed by atoms with van der Waals surface area (Å²) in [5.74, 6) is 2.13. The second-order valence-corrected chi connectivity index (χ2v) is 4.46. The molecule has 5 nitrogen and oxygen atoms in total. The number of unbranched alkanes of at least 4 members (excludes halogenated alkanes) is 1. The molecule has 1 heterocycles. The first-order valence-electron chi connectivity index (χ1n) is 5.22. The fourth-order valence-electron chi connectivity index (χ4n) is 1.32. The predicted octanol–water partition coefficient (Wildman–Crippen LogP) is 1.10. The molecule has 0 amide bonds. The van der Waals surface area contributed by atoms with E-state index >= 15 is 0 Å². The van der Waals surface area contributed by atoms with Crippen molar-refractivity contribution in [3.8, 4) is 0 Å². The zero-order chi connectivity index (χ0) is 11.1. The van der Waals surface area contributed by atoms with E-state index in [9.17, 15) is 0 Å². The van der Waals surface area contributed by atoms with E-state index in [1.807, 2.05) is 23.5 Å². The molecular formula is C9H19N5S. The Morgan fingerprint density at radius 3 is 2.93 bits per heavy atom.